The quantitative estimate of drug-likeness (QED) is 0.555. The fourth-order valence-corrected chi connectivity index (χ4v) is 2.78. The van der Waals surface area contributed by atoms with E-state index in [1.165, 1.54) is 30.6 Å². The molecule has 20 heavy (non-hydrogen) atoms. The van der Waals surface area contributed by atoms with E-state index in [4.69, 9.17) is 0 Å². The van der Waals surface area contributed by atoms with Crippen LogP contribution in [0.1, 0.15) is 73.1 Å². The zero-order valence-corrected chi connectivity index (χ0v) is 12.4. The predicted octanol–water partition coefficient (Wildman–Crippen LogP) is 4.03. The van der Waals surface area contributed by atoms with Gasteiger partial charge in [0.05, 0.1) is 11.1 Å². The van der Waals surface area contributed by atoms with Gasteiger partial charge in [0.15, 0.2) is 0 Å². The predicted molar refractivity (Wildman–Crippen MR) is 79.8 cm³/mol. The summed E-state index contributed by atoms with van der Waals surface area (Å²) in [6.07, 6.45) is 6.89. The summed E-state index contributed by atoms with van der Waals surface area (Å²) < 4.78 is 0. The largest absolute Gasteiger partial charge is 0.272 e. The maximum Gasteiger partial charge on any atom is 0.261 e. The van der Waals surface area contributed by atoms with E-state index >= 15 is 0 Å². The molecule has 0 N–H and O–H groups in total. The van der Waals surface area contributed by atoms with Crippen LogP contribution in [0.25, 0.3) is 0 Å². The Labute approximate surface area is 121 Å². The van der Waals surface area contributed by atoms with Gasteiger partial charge in [0.1, 0.15) is 0 Å². The second kappa shape index (κ2) is 6.69. The molecule has 1 atom stereocenters. The topological polar surface area (TPSA) is 37.4 Å². The molecular formula is C17H23NO2. The Hall–Kier alpha value is -1.64. The minimum atomic E-state index is -0.133. The van der Waals surface area contributed by atoms with Crippen molar-refractivity contribution in [2.75, 3.05) is 0 Å². The summed E-state index contributed by atoms with van der Waals surface area (Å²) in [5.74, 6) is -0.265. The van der Waals surface area contributed by atoms with Gasteiger partial charge in [-0.2, -0.15) is 0 Å². The van der Waals surface area contributed by atoms with Crippen molar-refractivity contribution in [3.8, 4) is 0 Å². The maximum atomic E-state index is 12.3. The molecule has 0 saturated heterocycles. The number of nitrogens with zero attached hydrogens (tertiary/aromatic N) is 1. The minimum absolute atomic E-state index is 0.0102. The van der Waals surface area contributed by atoms with Crippen LogP contribution in [-0.4, -0.2) is 22.8 Å². The first-order valence-corrected chi connectivity index (χ1v) is 7.63. The van der Waals surface area contributed by atoms with Gasteiger partial charge in [0.25, 0.3) is 11.8 Å². The van der Waals surface area contributed by atoms with Gasteiger partial charge in [-0.25, -0.2) is 0 Å². The van der Waals surface area contributed by atoms with Crippen LogP contribution in [0.3, 0.4) is 0 Å². The fraction of sp³-hybridized carbons (Fsp3) is 0.529. The van der Waals surface area contributed by atoms with Gasteiger partial charge in [-0.05, 0) is 25.5 Å². The average Bonchev–Trinajstić information content (AvgIpc) is 2.71. The summed E-state index contributed by atoms with van der Waals surface area (Å²) in [4.78, 5) is 26.0. The van der Waals surface area contributed by atoms with Crippen molar-refractivity contribution in [1.29, 1.82) is 0 Å². The van der Waals surface area contributed by atoms with Crippen LogP contribution in [0.15, 0.2) is 24.3 Å². The van der Waals surface area contributed by atoms with Crippen LogP contribution in [0.5, 0.6) is 0 Å². The number of fused-ring (bicyclic) bond motifs is 1. The molecule has 0 bridgehead atoms. The Morgan fingerprint density at radius 3 is 2.05 bits per heavy atom. The third kappa shape index (κ3) is 2.92. The van der Waals surface area contributed by atoms with E-state index in [1.807, 2.05) is 19.1 Å². The Morgan fingerprint density at radius 1 is 0.950 bits per heavy atom. The van der Waals surface area contributed by atoms with Crippen molar-refractivity contribution >= 4 is 11.8 Å². The number of carbonyl (C=O) groups excluding carboxylic acids is 2. The van der Waals surface area contributed by atoms with Crippen LogP contribution in [0, 0.1) is 0 Å². The second-order valence-corrected chi connectivity index (χ2v) is 5.58. The van der Waals surface area contributed by atoms with E-state index in [2.05, 4.69) is 6.92 Å². The molecule has 0 aliphatic carbocycles. The van der Waals surface area contributed by atoms with Crippen LogP contribution < -0.4 is 0 Å². The van der Waals surface area contributed by atoms with E-state index < -0.39 is 0 Å². The number of benzene rings is 1. The Balaban J connectivity index is 1.93. The molecule has 1 unspecified atom stereocenters. The Bertz CT molecular complexity index is 461. The summed E-state index contributed by atoms with van der Waals surface area (Å²) in [6.45, 7) is 4.17. The van der Waals surface area contributed by atoms with Crippen molar-refractivity contribution in [2.45, 2.75) is 58.4 Å². The van der Waals surface area contributed by atoms with Gasteiger partial charge in [-0.1, -0.05) is 51.2 Å². The summed E-state index contributed by atoms with van der Waals surface area (Å²) in [5, 5.41) is 0. The molecule has 0 aromatic heterocycles. The lowest BCUT2D eigenvalue weighted by Gasteiger charge is -2.22. The highest BCUT2D eigenvalue weighted by Crippen LogP contribution is 2.26. The number of amides is 2. The molecule has 1 aliphatic rings. The lowest BCUT2D eigenvalue weighted by atomic mass is 10.1. The highest BCUT2D eigenvalue weighted by molar-refractivity contribution is 6.21. The molecule has 1 heterocycles. The standard InChI is InChI=1S/C17H23NO2/c1-3-4-5-6-7-10-13(2)18-16(19)14-11-8-9-12-15(14)17(18)20/h8-9,11-13H,3-7,10H2,1-2H3. The number of unbranched alkanes of at least 4 members (excludes halogenated alkanes) is 4. The molecule has 0 fully saturated rings. The normalized spacial score (nSPS) is 15.6. The molecule has 2 rings (SSSR count). The monoisotopic (exact) mass is 273 g/mol. The molecule has 3 nitrogen and oxygen atoms in total. The Kier molecular flexibility index (Phi) is 4.94. The van der Waals surface area contributed by atoms with Crippen molar-refractivity contribution in [1.82, 2.24) is 4.90 Å². The van der Waals surface area contributed by atoms with Crippen molar-refractivity contribution in [3.05, 3.63) is 35.4 Å². The van der Waals surface area contributed by atoms with Crippen molar-refractivity contribution in [2.24, 2.45) is 0 Å². The number of hydrogen-bond donors (Lipinski definition) is 0. The van der Waals surface area contributed by atoms with Gasteiger partial charge in [-0.3, -0.25) is 14.5 Å². The van der Waals surface area contributed by atoms with Gasteiger partial charge < -0.3 is 0 Å². The van der Waals surface area contributed by atoms with E-state index in [0.29, 0.717) is 11.1 Å². The molecule has 1 aliphatic heterocycles. The first kappa shape index (κ1) is 14.8. The number of rotatable bonds is 7. The van der Waals surface area contributed by atoms with Gasteiger partial charge in [0.2, 0.25) is 0 Å². The maximum absolute atomic E-state index is 12.3. The van der Waals surface area contributed by atoms with Gasteiger partial charge in [0, 0.05) is 6.04 Å². The smallest absolute Gasteiger partial charge is 0.261 e. The molecule has 2 amide bonds. The van der Waals surface area contributed by atoms with Gasteiger partial charge >= 0.3 is 0 Å². The van der Waals surface area contributed by atoms with E-state index in [-0.39, 0.29) is 17.9 Å². The van der Waals surface area contributed by atoms with E-state index in [0.717, 1.165) is 12.8 Å². The lowest BCUT2D eigenvalue weighted by Crippen LogP contribution is -2.37. The first-order chi connectivity index (χ1) is 9.66. The highest BCUT2D eigenvalue weighted by Gasteiger charge is 2.37. The minimum Gasteiger partial charge on any atom is -0.272 e. The zero-order valence-electron chi connectivity index (χ0n) is 12.4. The number of carbonyl (C=O) groups is 2. The van der Waals surface area contributed by atoms with Crippen molar-refractivity contribution < 1.29 is 9.59 Å². The second-order valence-electron chi connectivity index (χ2n) is 5.58. The van der Waals surface area contributed by atoms with E-state index in [9.17, 15) is 9.59 Å². The average molecular weight is 273 g/mol. The number of hydrogen-bond acceptors (Lipinski definition) is 2. The summed E-state index contributed by atoms with van der Waals surface area (Å²) in [7, 11) is 0. The molecule has 3 heteroatoms. The molecule has 1 aromatic rings. The van der Waals surface area contributed by atoms with Crippen LogP contribution in [-0.2, 0) is 0 Å². The lowest BCUT2D eigenvalue weighted by molar-refractivity contribution is 0.0588. The number of imide groups is 1. The van der Waals surface area contributed by atoms with Gasteiger partial charge in [-0.15, -0.1) is 0 Å². The molecular weight excluding hydrogens is 250 g/mol. The Morgan fingerprint density at radius 2 is 1.50 bits per heavy atom. The highest BCUT2D eigenvalue weighted by atomic mass is 16.2. The molecule has 0 radical (unpaired) electrons. The van der Waals surface area contributed by atoms with Crippen LogP contribution >= 0.6 is 0 Å². The fourth-order valence-electron chi connectivity index (χ4n) is 2.78. The summed E-state index contributed by atoms with van der Waals surface area (Å²) in [6, 6.07) is 7.09. The van der Waals surface area contributed by atoms with Crippen LogP contribution in [0.2, 0.25) is 0 Å². The third-order valence-electron chi connectivity index (χ3n) is 3.99. The SMILES string of the molecule is CCCCCCCC(C)N1C(=O)c2ccccc2C1=O. The molecule has 0 spiro atoms. The van der Waals surface area contributed by atoms with E-state index in [1.54, 1.807) is 12.1 Å². The zero-order chi connectivity index (χ0) is 14.5. The van der Waals surface area contributed by atoms with Crippen molar-refractivity contribution in [3.63, 3.8) is 0 Å². The molecule has 108 valence electrons. The summed E-state index contributed by atoms with van der Waals surface area (Å²) >= 11 is 0. The molecule has 1 aromatic carbocycles. The first-order valence-electron chi connectivity index (χ1n) is 7.63. The third-order valence-corrected chi connectivity index (χ3v) is 3.99. The molecule has 0 saturated carbocycles. The van der Waals surface area contributed by atoms with Crippen LogP contribution in [0.4, 0.5) is 0 Å². The summed E-state index contributed by atoms with van der Waals surface area (Å²) in [5.41, 5.74) is 1.10.